The second-order valence-corrected chi connectivity index (χ2v) is 9.83. The van der Waals surface area contributed by atoms with Gasteiger partial charge >= 0.3 is 12.1 Å². The van der Waals surface area contributed by atoms with Crippen molar-refractivity contribution in [1.29, 1.82) is 0 Å². The Bertz CT molecular complexity index is 802. The molecule has 0 bridgehead atoms. The molecule has 0 spiro atoms. The number of benzene rings is 2. The summed E-state index contributed by atoms with van der Waals surface area (Å²) in [6, 6.07) is 15.6. The van der Waals surface area contributed by atoms with E-state index in [9.17, 15) is 9.59 Å². The third kappa shape index (κ3) is 10.4. The van der Waals surface area contributed by atoms with Crippen LogP contribution in [0.3, 0.4) is 0 Å². The third-order valence-electron chi connectivity index (χ3n) is 5.24. The Morgan fingerprint density at radius 1 is 0.606 bits per heavy atom. The van der Waals surface area contributed by atoms with Crippen LogP contribution in [0, 0.1) is 11.8 Å². The lowest BCUT2D eigenvalue weighted by molar-refractivity contribution is 0.246. The smallest absolute Gasteiger partial charge is 0.319 e. The third-order valence-corrected chi connectivity index (χ3v) is 5.24. The molecule has 2 atom stereocenters. The van der Waals surface area contributed by atoms with Gasteiger partial charge in [0.25, 0.3) is 0 Å². The molecule has 0 aliphatic carbocycles. The molecule has 0 heterocycles. The molecule has 0 saturated carbocycles. The number of amides is 4. The number of urea groups is 2. The van der Waals surface area contributed by atoms with Gasteiger partial charge in [-0.25, -0.2) is 9.59 Å². The molecule has 0 aromatic heterocycles. The fraction of sp³-hybridized carbons (Fsp3) is 0.481. The summed E-state index contributed by atoms with van der Waals surface area (Å²) in [5.74, 6) is 1.08. The Morgan fingerprint density at radius 3 is 1.24 bits per heavy atom. The maximum atomic E-state index is 12.1. The van der Waals surface area contributed by atoms with E-state index in [1.165, 1.54) is 0 Å². The van der Waals surface area contributed by atoms with E-state index in [-0.39, 0.29) is 24.1 Å². The summed E-state index contributed by atoms with van der Waals surface area (Å²) in [7, 11) is 0. The maximum Gasteiger partial charge on any atom is 0.319 e. The van der Waals surface area contributed by atoms with E-state index in [0.29, 0.717) is 11.8 Å². The van der Waals surface area contributed by atoms with Gasteiger partial charge in [0, 0.05) is 23.5 Å². The fourth-order valence-electron chi connectivity index (χ4n) is 3.96. The summed E-state index contributed by atoms with van der Waals surface area (Å²) < 4.78 is 0. The number of carbonyl (C=O) groups excluding carboxylic acids is 2. The summed E-state index contributed by atoms with van der Waals surface area (Å²) >= 11 is 0. The number of carbonyl (C=O) groups is 2. The first-order valence-electron chi connectivity index (χ1n) is 11.9. The Morgan fingerprint density at radius 2 is 0.939 bits per heavy atom. The van der Waals surface area contributed by atoms with Crippen molar-refractivity contribution in [1.82, 2.24) is 10.6 Å². The quantitative estimate of drug-likeness (QED) is 0.337. The second-order valence-electron chi connectivity index (χ2n) is 9.83. The Balaban J connectivity index is 1.82. The van der Waals surface area contributed by atoms with E-state index >= 15 is 0 Å². The highest BCUT2D eigenvalue weighted by molar-refractivity contribution is 5.90. The zero-order valence-electron chi connectivity index (χ0n) is 20.9. The summed E-state index contributed by atoms with van der Waals surface area (Å²) in [4.78, 5) is 24.3. The first-order valence-corrected chi connectivity index (χ1v) is 11.9. The molecule has 180 valence electrons. The number of hydrogen-bond acceptors (Lipinski definition) is 2. The van der Waals surface area contributed by atoms with Crippen LogP contribution in [0.4, 0.5) is 21.0 Å². The highest BCUT2D eigenvalue weighted by atomic mass is 16.2. The molecule has 0 aliphatic rings. The van der Waals surface area contributed by atoms with Crippen molar-refractivity contribution in [3.05, 3.63) is 59.7 Å². The van der Waals surface area contributed by atoms with Crippen LogP contribution in [0.2, 0.25) is 0 Å². The van der Waals surface area contributed by atoms with E-state index in [1.807, 2.05) is 62.4 Å². The fourth-order valence-corrected chi connectivity index (χ4v) is 3.96. The first kappa shape index (κ1) is 26.2. The number of hydrogen-bond donors (Lipinski definition) is 4. The molecular formula is C27H40N4O2. The van der Waals surface area contributed by atoms with Gasteiger partial charge < -0.3 is 21.3 Å². The number of rotatable bonds is 10. The Labute approximate surface area is 198 Å². The maximum absolute atomic E-state index is 12.1. The molecule has 0 radical (unpaired) electrons. The average Bonchev–Trinajstić information content (AvgIpc) is 2.69. The lowest BCUT2D eigenvalue weighted by Gasteiger charge is -2.16. The molecular weight excluding hydrogens is 412 g/mol. The summed E-state index contributed by atoms with van der Waals surface area (Å²) in [6.45, 7) is 12.6. The minimum absolute atomic E-state index is 0.135. The molecule has 4 N–H and O–H groups in total. The predicted molar refractivity (Wildman–Crippen MR) is 138 cm³/mol. The van der Waals surface area contributed by atoms with Crippen molar-refractivity contribution in [3.63, 3.8) is 0 Å². The van der Waals surface area contributed by atoms with Gasteiger partial charge in [-0.3, -0.25) is 0 Å². The van der Waals surface area contributed by atoms with E-state index in [1.54, 1.807) is 0 Å². The highest BCUT2D eigenvalue weighted by Crippen LogP contribution is 2.16. The van der Waals surface area contributed by atoms with Crippen molar-refractivity contribution < 1.29 is 9.59 Å². The van der Waals surface area contributed by atoms with Gasteiger partial charge in [0.2, 0.25) is 0 Å². The minimum atomic E-state index is -0.179. The largest absolute Gasteiger partial charge is 0.335 e. The lowest BCUT2D eigenvalue weighted by Crippen LogP contribution is -2.36. The van der Waals surface area contributed by atoms with Crippen LogP contribution in [0.15, 0.2) is 48.5 Å². The highest BCUT2D eigenvalue weighted by Gasteiger charge is 2.10. The number of nitrogens with one attached hydrogen (secondary N) is 4. The van der Waals surface area contributed by atoms with Crippen molar-refractivity contribution in [3.8, 4) is 0 Å². The minimum Gasteiger partial charge on any atom is -0.335 e. The molecule has 0 fully saturated rings. The van der Waals surface area contributed by atoms with Crippen molar-refractivity contribution in [2.75, 3.05) is 10.6 Å². The molecule has 33 heavy (non-hydrogen) atoms. The van der Waals surface area contributed by atoms with E-state index in [2.05, 4.69) is 49.0 Å². The van der Waals surface area contributed by atoms with Crippen molar-refractivity contribution in [2.45, 2.75) is 72.9 Å². The monoisotopic (exact) mass is 452 g/mol. The molecule has 6 heteroatoms. The van der Waals surface area contributed by atoms with Gasteiger partial charge in [0.15, 0.2) is 0 Å². The van der Waals surface area contributed by atoms with Gasteiger partial charge in [0.05, 0.1) is 0 Å². The van der Waals surface area contributed by atoms with Gasteiger partial charge in [-0.2, -0.15) is 0 Å². The van der Waals surface area contributed by atoms with Crippen LogP contribution < -0.4 is 21.3 Å². The van der Waals surface area contributed by atoms with Crippen molar-refractivity contribution in [2.24, 2.45) is 11.8 Å². The molecule has 0 saturated heterocycles. The van der Waals surface area contributed by atoms with Crippen molar-refractivity contribution >= 4 is 23.4 Å². The topological polar surface area (TPSA) is 82.3 Å². The van der Waals surface area contributed by atoms with Crippen LogP contribution in [0.25, 0.3) is 0 Å². The van der Waals surface area contributed by atoms with E-state index in [4.69, 9.17) is 0 Å². The molecule has 2 rings (SSSR count). The molecule has 4 amide bonds. The lowest BCUT2D eigenvalue weighted by atomic mass is 10.0. The first-order chi connectivity index (χ1) is 15.6. The normalized spacial score (nSPS) is 12.8. The Hall–Kier alpha value is -3.02. The second kappa shape index (κ2) is 12.9. The summed E-state index contributed by atoms with van der Waals surface area (Å²) in [6.07, 6.45) is 2.67. The number of anilines is 2. The van der Waals surface area contributed by atoms with Crippen LogP contribution in [-0.4, -0.2) is 24.1 Å². The standard InChI is InChI=1S/C27H40N4O2/c1-18(2)15-20(5)28-26(32)30-24-11-7-22(8-12-24)17-23-9-13-25(14-10-23)31-27(33)29-21(6)16-19(3)4/h7-14,18-21H,15-17H2,1-6H3,(H2,28,30,32)(H2,29,31,33)/t20-,21+. The molecule has 0 aliphatic heterocycles. The SMILES string of the molecule is CC(C)C[C@@H](C)NC(=O)Nc1ccc(Cc2ccc(NC(=O)N[C@@H](C)CC(C)C)cc2)cc1. The Kier molecular flexibility index (Phi) is 10.2. The molecule has 6 nitrogen and oxygen atoms in total. The average molecular weight is 453 g/mol. The van der Waals surface area contributed by atoms with Gasteiger partial charge in [-0.15, -0.1) is 0 Å². The van der Waals surface area contributed by atoms with Crippen LogP contribution >= 0.6 is 0 Å². The zero-order valence-corrected chi connectivity index (χ0v) is 20.9. The van der Waals surface area contributed by atoms with Crippen LogP contribution in [0.1, 0.15) is 65.5 Å². The summed E-state index contributed by atoms with van der Waals surface area (Å²) in [5.41, 5.74) is 3.83. The zero-order chi connectivity index (χ0) is 24.4. The molecule has 2 aromatic rings. The van der Waals surface area contributed by atoms with Crippen LogP contribution in [0.5, 0.6) is 0 Å². The van der Waals surface area contributed by atoms with Gasteiger partial charge in [0.1, 0.15) is 0 Å². The predicted octanol–water partition coefficient (Wildman–Crippen LogP) is 6.39. The van der Waals surface area contributed by atoms with Gasteiger partial charge in [-0.05, 0) is 80.3 Å². The summed E-state index contributed by atoms with van der Waals surface area (Å²) in [5, 5.41) is 11.7. The van der Waals surface area contributed by atoms with Crippen LogP contribution in [-0.2, 0) is 6.42 Å². The molecule has 2 aromatic carbocycles. The van der Waals surface area contributed by atoms with E-state index in [0.717, 1.165) is 41.8 Å². The van der Waals surface area contributed by atoms with E-state index < -0.39 is 0 Å². The van der Waals surface area contributed by atoms with Gasteiger partial charge in [-0.1, -0.05) is 52.0 Å². The molecule has 0 unspecified atom stereocenters.